The van der Waals surface area contributed by atoms with Crippen molar-refractivity contribution in [3.8, 4) is 67.7 Å². The second kappa shape index (κ2) is 22.6. The molecule has 0 N–H and O–H groups in total. The predicted molar refractivity (Wildman–Crippen MR) is 305 cm³/mol. The van der Waals surface area contributed by atoms with E-state index >= 15 is 0 Å². The molecule has 0 bridgehead atoms. The molecule has 0 saturated heterocycles. The molecule has 2 aliphatic rings. The number of fused-ring (bicyclic) bond motifs is 8. The molecule has 1 atom stereocenters. The van der Waals surface area contributed by atoms with E-state index < -0.39 is 5.41 Å². The summed E-state index contributed by atoms with van der Waals surface area (Å²) in [6.45, 7) is 9.35. The van der Waals surface area contributed by atoms with Gasteiger partial charge in [-0.25, -0.2) is 15.0 Å². The van der Waals surface area contributed by atoms with Gasteiger partial charge in [-0.15, -0.1) is 29.3 Å². The Kier molecular flexibility index (Phi) is 15.6. The molecule has 11 rings (SSSR count). The van der Waals surface area contributed by atoms with Crippen LogP contribution in [0.1, 0.15) is 151 Å². The van der Waals surface area contributed by atoms with Crippen LogP contribution in [-0.2, 0) is 37.4 Å². The standard InChI is InChI=1S/C69H69N4.Ir/c1-5-8-11-16-26-48-27-25-32-53(45-48)68(4)60-46-51(35-37-55(60)56-38-36-52(47-61(56)68)67-72-65(49-28-17-14-18-29-49)71-66(73-67)50-30-19-15-20-31-50)62-41-40-58-63(70-62)42-39-57-54-33-21-22-34-59(54)69(64(57)58,43-23-12-9-6-2)44-24-13-10-7-3;/h14-15,17-22,25,27-34,36-42,45-47H,5-13,16,23-24,26,43-44H2,1-4H3;/q-1;. The van der Waals surface area contributed by atoms with Crippen molar-refractivity contribution < 1.29 is 20.1 Å². The molecular formula is C69H69IrN4-. The number of aromatic nitrogens is 4. The van der Waals surface area contributed by atoms with Crippen LogP contribution in [0.4, 0.5) is 0 Å². The summed E-state index contributed by atoms with van der Waals surface area (Å²) in [7, 11) is 0. The smallest absolute Gasteiger partial charge is 0.164 e. The van der Waals surface area contributed by atoms with E-state index in [4.69, 9.17) is 19.9 Å². The van der Waals surface area contributed by atoms with Crippen LogP contribution in [0, 0.1) is 6.07 Å². The Morgan fingerprint density at radius 2 is 1.04 bits per heavy atom. The number of hydrogen-bond acceptors (Lipinski definition) is 4. The summed E-state index contributed by atoms with van der Waals surface area (Å²) in [5.41, 5.74) is 18.9. The van der Waals surface area contributed by atoms with E-state index in [0.717, 1.165) is 39.9 Å². The molecule has 2 heterocycles. The van der Waals surface area contributed by atoms with Gasteiger partial charge >= 0.3 is 0 Å². The Bertz CT molecular complexity index is 3330. The zero-order chi connectivity index (χ0) is 49.8. The van der Waals surface area contributed by atoms with Crippen molar-refractivity contribution in [3.63, 3.8) is 0 Å². The van der Waals surface area contributed by atoms with Crippen molar-refractivity contribution in [1.82, 2.24) is 19.9 Å². The van der Waals surface area contributed by atoms with Crippen LogP contribution in [0.2, 0.25) is 0 Å². The van der Waals surface area contributed by atoms with Crippen molar-refractivity contribution in [2.75, 3.05) is 0 Å². The van der Waals surface area contributed by atoms with Crippen molar-refractivity contribution in [1.29, 1.82) is 0 Å². The third kappa shape index (κ3) is 9.63. The maximum atomic E-state index is 5.60. The van der Waals surface area contributed by atoms with E-state index in [1.54, 1.807) is 0 Å². The third-order valence-corrected chi connectivity index (χ3v) is 16.4. The molecule has 5 heteroatoms. The first-order valence-corrected chi connectivity index (χ1v) is 27.7. The van der Waals surface area contributed by atoms with Crippen LogP contribution < -0.4 is 0 Å². The van der Waals surface area contributed by atoms with Gasteiger partial charge in [0.2, 0.25) is 0 Å². The molecule has 74 heavy (non-hydrogen) atoms. The maximum absolute atomic E-state index is 5.60. The maximum Gasteiger partial charge on any atom is 0.164 e. The van der Waals surface area contributed by atoms with Crippen LogP contribution in [0.5, 0.6) is 0 Å². The van der Waals surface area contributed by atoms with Gasteiger partial charge < -0.3 is 0 Å². The normalized spacial score (nSPS) is 14.8. The Morgan fingerprint density at radius 3 is 1.72 bits per heavy atom. The average Bonchev–Trinajstić information content (AvgIpc) is 3.88. The zero-order valence-electron chi connectivity index (χ0n) is 43.8. The number of benzene rings is 7. The van der Waals surface area contributed by atoms with Crippen LogP contribution >= 0.6 is 0 Å². The van der Waals surface area contributed by atoms with Crippen molar-refractivity contribution in [2.24, 2.45) is 0 Å². The molecule has 0 amide bonds. The minimum absolute atomic E-state index is 0. The molecule has 1 radical (unpaired) electrons. The Balaban J connectivity index is 0.00000626. The minimum atomic E-state index is -0.486. The zero-order valence-corrected chi connectivity index (χ0v) is 46.2. The van der Waals surface area contributed by atoms with Gasteiger partial charge in [0, 0.05) is 53.0 Å². The van der Waals surface area contributed by atoms with Crippen molar-refractivity contribution >= 4 is 10.9 Å². The molecule has 7 aromatic carbocycles. The summed E-state index contributed by atoms with van der Waals surface area (Å²) in [5.74, 6) is 1.98. The molecule has 0 saturated carbocycles. The Morgan fingerprint density at radius 1 is 0.446 bits per heavy atom. The molecule has 0 spiro atoms. The first kappa shape index (κ1) is 51.1. The molecule has 2 aliphatic carbocycles. The largest absolute Gasteiger partial charge is 0.296 e. The van der Waals surface area contributed by atoms with E-state index in [1.807, 2.05) is 36.4 Å². The van der Waals surface area contributed by atoms with Gasteiger partial charge in [0.15, 0.2) is 17.5 Å². The van der Waals surface area contributed by atoms with Crippen molar-refractivity contribution in [3.05, 3.63) is 203 Å². The molecule has 4 nitrogen and oxygen atoms in total. The molecule has 0 aliphatic heterocycles. The quantitative estimate of drug-likeness (QED) is 0.0564. The van der Waals surface area contributed by atoms with Gasteiger partial charge in [0.05, 0.1) is 5.52 Å². The first-order chi connectivity index (χ1) is 35.9. The Hall–Kier alpha value is -6.39. The summed E-state index contributed by atoms with van der Waals surface area (Å²) in [6, 6.07) is 63.8. The topological polar surface area (TPSA) is 51.6 Å². The van der Waals surface area contributed by atoms with Gasteiger partial charge in [-0.1, -0.05) is 242 Å². The van der Waals surface area contributed by atoms with E-state index in [-0.39, 0.29) is 25.5 Å². The number of hydrogen-bond donors (Lipinski definition) is 0. The van der Waals surface area contributed by atoms with Crippen LogP contribution in [0.15, 0.2) is 164 Å². The van der Waals surface area contributed by atoms with Gasteiger partial charge in [-0.2, -0.15) is 0 Å². The van der Waals surface area contributed by atoms with Crippen LogP contribution in [0.25, 0.3) is 78.6 Å². The predicted octanol–water partition coefficient (Wildman–Crippen LogP) is 18.6. The second-order valence-electron chi connectivity index (χ2n) is 21.1. The molecule has 0 fully saturated rings. The number of unbranched alkanes of at least 4 members (excludes halogenated alkanes) is 9. The van der Waals surface area contributed by atoms with Gasteiger partial charge in [0.1, 0.15) is 0 Å². The number of aryl methyl sites for hydroxylation is 1. The minimum Gasteiger partial charge on any atom is -0.296 e. The number of pyridine rings is 1. The molecule has 2 aromatic heterocycles. The fourth-order valence-corrected chi connectivity index (χ4v) is 12.5. The monoisotopic (exact) mass is 1150 g/mol. The van der Waals surface area contributed by atoms with E-state index in [2.05, 4.69) is 161 Å². The SMILES string of the molecule is CCCCCCc1cccc(C2(C)c3cc(-c4ccc5c6c(ccc5n4)-c4ccccc4C6(CCCCCC)CCCCCC)[c-]cc3-c3ccc(-c4nc(-c5ccccc5)nc(-c5ccccc5)n4)cc32)c1.[Ir]. The summed E-state index contributed by atoms with van der Waals surface area (Å²) in [6.07, 6.45) is 18.5. The van der Waals surface area contributed by atoms with Gasteiger partial charge in [-0.3, -0.25) is 4.98 Å². The average molecular weight is 1150 g/mol. The third-order valence-electron chi connectivity index (χ3n) is 16.4. The van der Waals surface area contributed by atoms with E-state index in [1.165, 1.54) is 151 Å². The number of rotatable bonds is 20. The fourth-order valence-electron chi connectivity index (χ4n) is 12.5. The summed E-state index contributed by atoms with van der Waals surface area (Å²) < 4.78 is 0. The molecule has 9 aromatic rings. The molecular weight excluding hydrogens is 1080 g/mol. The van der Waals surface area contributed by atoms with Gasteiger partial charge in [-0.05, 0) is 89.4 Å². The van der Waals surface area contributed by atoms with Gasteiger partial charge in [0.25, 0.3) is 0 Å². The van der Waals surface area contributed by atoms with Crippen molar-refractivity contribution in [2.45, 2.75) is 135 Å². The van der Waals surface area contributed by atoms with Crippen LogP contribution in [0.3, 0.4) is 0 Å². The van der Waals surface area contributed by atoms with E-state index in [9.17, 15) is 0 Å². The summed E-state index contributed by atoms with van der Waals surface area (Å²) in [5, 5.41) is 1.30. The van der Waals surface area contributed by atoms with E-state index in [0.29, 0.717) is 17.5 Å². The van der Waals surface area contributed by atoms with Crippen LogP contribution in [-0.4, -0.2) is 19.9 Å². The molecule has 1 unspecified atom stereocenters. The first-order valence-electron chi connectivity index (χ1n) is 27.7. The second-order valence-corrected chi connectivity index (χ2v) is 21.1. The molecule has 375 valence electrons. The fraction of sp³-hybridized carbons (Fsp3) is 0.304. The summed E-state index contributed by atoms with van der Waals surface area (Å²) >= 11 is 0. The summed E-state index contributed by atoms with van der Waals surface area (Å²) in [4.78, 5) is 21.0. The Labute approximate surface area is 454 Å². The number of nitrogens with zero attached hydrogens (tertiary/aromatic N) is 4.